The molecule has 0 aromatic heterocycles. The molecule has 3 heteroatoms. The van der Waals surface area contributed by atoms with Gasteiger partial charge in [-0.1, -0.05) is 35.9 Å². The summed E-state index contributed by atoms with van der Waals surface area (Å²) in [5, 5.41) is 0.690. The summed E-state index contributed by atoms with van der Waals surface area (Å²) < 4.78 is 13.5. The van der Waals surface area contributed by atoms with Crippen molar-refractivity contribution in [2.75, 3.05) is 0 Å². The molecule has 1 unspecified atom stereocenters. The molecular formula is C15H15ClFN. The van der Waals surface area contributed by atoms with Crippen LogP contribution < -0.4 is 5.73 Å². The molecule has 0 spiro atoms. The highest BCUT2D eigenvalue weighted by Gasteiger charge is 2.09. The molecule has 0 aliphatic carbocycles. The molecule has 18 heavy (non-hydrogen) atoms. The fourth-order valence-electron chi connectivity index (χ4n) is 1.88. The van der Waals surface area contributed by atoms with Crippen LogP contribution in [0.3, 0.4) is 0 Å². The van der Waals surface area contributed by atoms with Crippen molar-refractivity contribution in [3.05, 3.63) is 70.0 Å². The summed E-state index contributed by atoms with van der Waals surface area (Å²) in [6, 6.07) is 12.5. The van der Waals surface area contributed by atoms with Crippen LogP contribution in [0.2, 0.25) is 5.02 Å². The first-order chi connectivity index (χ1) is 8.56. The first-order valence-corrected chi connectivity index (χ1v) is 6.20. The zero-order chi connectivity index (χ0) is 13.1. The summed E-state index contributed by atoms with van der Waals surface area (Å²) >= 11 is 5.92. The standard InChI is InChI=1S/C15H15ClFN/c1-10-5-6-12(9-14(10)17)15(18)8-11-3-2-4-13(16)7-11/h2-7,9,15H,8,18H2,1H3. The molecule has 0 bridgehead atoms. The minimum Gasteiger partial charge on any atom is -0.324 e. The van der Waals surface area contributed by atoms with Gasteiger partial charge in [0.2, 0.25) is 0 Å². The largest absolute Gasteiger partial charge is 0.324 e. The van der Waals surface area contributed by atoms with Crippen LogP contribution in [0.1, 0.15) is 22.7 Å². The van der Waals surface area contributed by atoms with Crippen molar-refractivity contribution in [2.24, 2.45) is 5.73 Å². The van der Waals surface area contributed by atoms with E-state index in [9.17, 15) is 4.39 Å². The normalized spacial score (nSPS) is 12.4. The second-order valence-electron chi connectivity index (χ2n) is 4.45. The van der Waals surface area contributed by atoms with Gasteiger partial charge in [-0.05, 0) is 48.2 Å². The Balaban J connectivity index is 2.16. The topological polar surface area (TPSA) is 26.0 Å². The van der Waals surface area contributed by atoms with E-state index in [1.165, 1.54) is 6.07 Å². The lowest BCUT2D eigenvalue weighted by molar-refractivity contribution is 0.610. The predicted molar refractivity (Wildman–Crippen MR) is 73.2 cm³/mol. The van der Waals surface area contributed by atoms with Crippen LogP contribution in [0.5, 0.6) is 0 Å². The summed E-state index contributed by atoms with van der Waals surface area (Å²) in [5.74, 6) is -0.214. The number of rotatable bonds is 3. The number of aryl methyl sites for hydroxylation is 1. The molecule has 0 amide bonds. The smallest absolute Gasteiger partial charge is 0.126 e. The van der Waals surface area contributed by atoms with Gasteiger partial charge in [-0.2, -0.15) is 0 Å². The van der Waals surface area contributed by atoms with E-state index in [-0.39, 0.29) is 11.9 Å². The second-order valence-corrected chi connectivity index (χ2v) is 4.89. The number of nitrogens with two attached hydrogens (primary N) is 1. The quantitative estimate of drug-likeness (QED) is 0.889. The second kappa shape index (κ2) is 5.51. The highest BCUT2D eigenvalue weighted by molar-refractivity contribution is 6.30. The molecule has 2 aromatic carbocycles. The first-order valence-electron chi connectivity index (χ1n) is 5.82. The summed E-state index contributed by atoms with van der Waals surface area (Å²) in [5.41, 5.74) is 8.57. The fourth-order valence-corrected chi connectivity index (χ4v) is 2.09. The van der Waals surface area contributed by atoms with Crippen LogP contribution >= 0.6 is 11.6 Å². The lowest BCUT2D eigenvalue weighted by atomic mass is 9.99. The number of halogens is 2. The van der Waals surface area contributed by atoms with Crippen molar-refractivity contribution in [1.82, 2.24) is 0 Å². The molecule has 1 atom stereocenters. The molecule has 1 nitrogen and oxygen atoms in total. The van der Waals surface area contributed by atoms with Gasteiger partial charge < -0.3 is 5.73 Å². The number of hydrogen-bond acceptors (Lipinski definition) is 1. The van der Waals surface area contributed by atoms with Crippen LogP contribution in [0.4, 0.5) is 4.39 Å². The van der Waals surface area contributed by atoms with Crippen LogP contribution in [0, 0.1) is 12.7 Å². The summed E-state index contributed by atoms with van der Waals surface area (Å²) in [7, 11) is 0. The first kappa shape index (κ1) is 13.1. The number of hydrogen-bond donors (Lipinski definition) is 1. The Morgan fingerprint density at radius 3 is 2.67 bits per heavy atom. The average Bonchev–Trinajstić information content (AvgIpc) is 2.32. The highest BCUT2D eigenvalue weighted by atomic mass is 35.5. The lowest BCUT2D eigenvalue weighted by Gasteiger charge is -2.13. The highest BCUT2D eigenvalue weighted by Crippen LogP contribution is 2.20. The molecule has 2 N–H and O–H groups in total. The van der Waals surface area contributed by atoms with Gasteiger partial charge in [0, 0.05) is 11.1 Å². The van der Waals surface area contributed by atoms with Crippen molar-refractivity contribution >= 4 is 11.6 Å². The fraction of sp³-hybridized carbons (Fsp3) is 0.200. The third-order valence-electron chi connectivity index (χ3n) is 2.97. The number of benzene rings is 2. The third kappa shape index (κ3) is 3.09. The van der Waals surface area contributed by atoms with Crippen molar-refractivity contribution in [3.63, 3.8) is 0 Å². The van der Waals surface area contributed by atoms with Gasteiger partial charge >= 0.3 is 0 Å². The third-order valence-corrected chi connectivity index (χ3v) is 3.20. The van der Waals surface area contributed by atoms with E-state index in [2.05, 4.69) is 0 Å². The van der Waals surface area contributed by atoms with Crippen molar-refractivity contribution in [2.45, 2.75) is 19.4 Å². The Labute approximate surface area is 111 Å². The minimum absolute atomic E-state index is 0.214. The van der Waals surface area contributed by atoms with E-state index in [1.807, 2.05) is 30.3 Å². The Bertz CT molecular complexity index is 554. The molecule has 0 aliphatic heterocycles. The van der Waals surface area contributed by atoms with E-state index in [0.717, 1.165) is 11.1 Å². The van der Waals surface area contributed by atoms with E-state index >= 15 is 0 Å². The van der Waals surface area contributed by atoms with E-state index < -0.39 is 0 Å². The Morgan fingerprint density at radius 1 is 1.22 bits per heavy atom. The van der Waals surface area contributed by atoms with Gasteiger partial charge in [-0.3, -0.25) is 0 Å². The van der Waals surface area contributed by atoms with Crippen LogP contribution in [0.25, 0.3) is 0 Å². The maximum atomic E-state index is 13.5. The van der Waals surface area contributed by atoms with Gasteiger partial charge in [0.05, 0.1) is 0 Å². The molecule has 0 radical (unpaired) electrons. The van der Waals surface area contributed by atoms with Crippen molar-refractivity contribution in [3.8, 4) is 0 Å². The summed E-state index contributed by atoms with van der Waals surface area (Å²) in [4.78, 5) is 0. The molecule has 2 rings (SSSR count). The van der Waals surface area contributed by atoms with E-state index in [4.69, 9.17) is 17.3 Å². The van der Waals surface area contributed by atoms with Crippen LogP contribution in [-0.2, 0) is 6.42 Å². The molecule has 94 valence electrons. The molecule has 0 fully saturated rings. The molecular weight excluding hydrogens is 249 g/mol. The SMILES string of the molecule is Cc1ccc(C(N)Cc2cccc(Cl)c2)cc1F. The zero-order valence-electron chi connectivity index (χ0n) is 10.2. The van der Waals surface area contributed by atoms with Gasteiger partial charge in [0.15, 0.2) is 0 Å². The molecule has 0 heterocycles. The maximum Gasteiger partial charge on any atom is 0.126 e. The summed E-state index contributed by atoms with van der Waals surface area (Å²) in [6.07, 6.45) is 0.642. The van der Waals surface area contributed by atoms with Crippen LogP contribution in [-0.4, -0.2) is 0 Å². The van der Waals surface area contributed by atoms with E-state index in [0.29, 0.717) is 17.0 Å². The van der Waals surface area contributed by atoms with Crippen LogP contribution in [0.15, 0.2) is 42.5 Å². The van der Waals surface area contributed by atoms with Gasteiger partial charge in [0.25, 0.3) is 0 Å². The average molecular weight is 264 g/mol. The zero-order valence-corrected chi connectivity index (χ0v) is 10.9. The van der Waals surface area contributed by atoms with Gasteiger partial charge in [-0.25, -0.2) is 4.39 Å². The minimum atomic E-state index is -0.224. The van der Waals surface area contributed by atoms with Crippen molar-refractivity contribution in [1.29, 1.82) is 0 Å². The lowest BCUT2D eigenvalue weighted by Crippen LogP contribution is -2.13. The Kier molecular flexibility index (Phi) is 4.00. The monoisotopic (exact) mass is 263 g/mol. The van der Waals surface area contributed by atoms with Crippen molar-refractivity contribution < 1.29 is 4.39 Å². The maximum absolute atomic E-state index is 13.5. The molecule has 0 aliphatic rings. The Hall–Kier alpha value is -1.38. The Morgan fingerprint density at radius 2 is 2.00 bits per heavy atom. The van der Waals surface area contributed by atoms with Gasteiger partial charge in [0.1, 0.15) is 5.82 Å². The predicted octanol–water partition coefficient (Wildman–Crippen LogP) is 4.03. The summed E-state index contributed by atoms with van der Waals surface area (Å²) in [6.45, 7) is 1.74. The molecule has 0 saturated carbocycles. The van der Waals surface area contributed by atoms with E-state index in [1.54, 1.807) is 13.0 Å². The molecule has 2 aromatic rings. The molecule has 0 saturated heterocycles. The van der Waals surface area contributed by atoms with Gasteiger partial charge in [-0.15, -0.1) is 0 Å².